The van der Waals surface area contributed by atoms with Gasteiger partial charge in [0.1, 0.15) is 5.60 Å². The molecule has 0 aromatic heterocycles. The molecule has 0 aliphatic rings. The Labute approximate surface area is 120 Å². The van der Waals surface area contributed by atoms with Gasteiger partial charge in [-0.15, -0.1) is 0 Å². The van der Waals surface area contributed by atoms with E-state index in [0.29, 0.717) is 25.0 Å². The molecule has 20 heavy (non-hydrogen) atoms. The molecule has 0 fully saturated rings. The van der Waals surface area contributed by atoms with Gasteiger partial charge >= 0.3 is 11.9 Å². The molecule has 0 radical (unpaired) electrons. The quantitative estimate of drug-likeness (QED) is 0.776. The third-order valence-corrected chi connectivity index (χ3v) is 2.51. The van der Waals surface area contributed by atoms with Gasteiger partial charge in [0.2, 0.25) is 0 Å². The molecule has 0 spiro atoms. The summed E-state index contributed by atoms with van der Waals surface area (Å²) in [5.74, 6) is -0.543. The number of hydrogen-bond acceptors (Lipinski definition) is 4. The molecule has 4 nitrogen and oxygen atoms in total. The van der Waals surface area contributed by atoms with E-state index in [9.17, 15) is 9.59 Å². The molecule has 1 aromatic rings. The first-order chi connectivity index (χ1) is 9.31. The van der Waals surface area contributed by atoms with E-state index < -0.39 is 5.60 Å². The van der Waals surface area contributed by atoms with Crippen molar-refractivity contribution >= 4 is 11.9 Å². The Hall–Kier alpha value is -1.84. The number of hydrogen-bond donors (Lipinski definition) is 0. The highest BCUT2D eigenvalue weighted by Gasteiger charge is 2.17. The second kappa shape index (κ2) is 7.08. The van der Waals surface area contributed by atoms with Gasteiger partial charge in [-0.25, -0.2) is 4.79 Å². The first-order valence-electron chi connectivity index (χ1n) is 6.79. The molecule has 0 N–H and O–H groups in total. The van der Waals surface area contributed by atoms with Crippen LogP contribution in [0.4, 0.5) is 0 Å². The number of benzene rings is 1. The van der Waals surface area contributed by atoms with Crippen LogP contribution in [0.25, 0.3) is 0 Å². The summed E-state index contributed by atoms with van der Waals surface area (Å²) in [4.78, 5) is 23.1. The van der Waals surface area contributed by atoms with Crippen LogP contribution in [0.3, 0.4) is 0 Å². The third-order valence-electron chi connectivity index (χ3n) is 2.51. The Balaban J connectivity index is 2.56. The van der Waals surface area contributed by atoms with Gasteiger partial charge in [-0.2, -0.15) is 0 Å². The van der Waals surface area contributed by atoms with Gasteiger partial charge in [0.05, 0.1) is 12.2 Å². The maximum atomic E-state index is 11.8. The van der Waals surface area contributed by atoms with Crippen LogP contribution in [-0.4, -0.2) is 24.1 Å². The molecule has 110 valence electrons. The van der Waals surface area contributed by atoms with E-state index in [-0.39, 0.29) is 11.9 Å². The Morgan fingerprint density at radius 1 is 1.10 bits per heavy atom. The van der Waals surface area contributed by atoms with Gasteiger partial charge in [0, 0.05) is 6.42 Å². The van der Waals surface area contributed by atoms with Crippen LogP contribution < -0.4 is 0 Å². The summed E-state index contributed by atoms with van der Waals surface area (Å²) < 4.78 is 10.1. The van der Waals surface area contributed by atoms with Crippen molar-refractivity contribution in [1.29, 1.82) is 0 Å². The zero-order valence-corrected chi connectivity index (χ0v) is 12.6. The molecule has 0 saturated carbocycles. The number of esters is 2. The van der Waals surface area contributed by atoms with Crippen molar-refractivity contribution in [1.82, 2.24) is 0 Å². The lowest BCUT2D eigenvalue weighted by Gasteiger charge is -2.19. The smallest absolute Gasteiger partial charge is 0.338 e. The van der Waals surface area contributed by atoms with E-state index in [1.165, 1.54) is 0 Å². The molecular weight excluding hydrogens is 256 g/mol. The fourth-order valence-corrected chi connectivity index (χ4v) is 1.62. The summed E-state index contributed by atoms with van der Waals surface area (Å²) in [6.45, 7) is 7.68. The molecule has 0 heterocycles. The van der Waals surface area contributed by atoms with Gasteiger partial charge in [-0.3, -0.25) is 4.79 Å². The summed E-state index contributed by atoms with van der Waals surface area (Å²) >= 11 is 0. The highest BCUT2D eigenvalue weighted by molar-refractivity contribution is 5.89. The Bertz CT molecular complexity index is 454. The highest BCUT2D eigenvalue weighted by Crippen LogP contribution is 2.13. The van der Waals surface area contributed by atoms with Gasteiger partial charge < -0.3 is 9.47 Å². The van der Waals surface area contributed by atoms with Gasteiger partial charge in [-0.05, 0) is 51.8 Å². The van der Waals surface area contributed by atoms with Crippen molar-refractivity contribution in [2.75, 3.05) is 6.61 Å². The van der Waals surface area contributed by atoms with E-state index in [4.69, 9.17) is 9.47 Å². The van der Waals surface area contributed by atoms with Gasteiger partial charge in [-0.1, -0.05) is 12.1 Å². The predicted octanol–water partition coefficient (Wildman–Crippen LogP) is 3.14. The second-order valence-electron chi connectivity index (χ2n) is 5.50. The van der Waals surface area contributed by atoms with Crippen molar-refractivity contribution < 1.29 is 19.1 Å². The van der Waals surface area contributed by atoms with Crippen molar-refractivity contribution in [3.05, 3.63) is 35.4 Å². The van der Waals surface area contributed by atoms with E-state index in [0.717, 1.165) is 5.56 Å². The Morgan fingerprint density at radius 2 is 1.70 bits per heavy atom. The highest BCUT2D eigenvalue weighted by atomic mass is 16.6. The molecule has 0 atom stereocenters. The largest absolute Gasteiger partial charge is 0.466 e. The summed E-state index contributed by atoms with van der Waals surface area (Å²) in [6, 6.07) is 7.10. The fraction of sp³-hybridized carbons (Fsp3) is 0.500. The minimum absolute atomic E-state index is 0.205. The van der Waals surface area contributed by atoms with Crippen molar-refractivity contribution in [2.24, 2.45) is 0 Å². The average Bonchev–Trinajstić information content (AvgIpc) is 2.35. The summed E-state index contributed by atoms with van der Waals surface area (Å²) in [5, 5.41) is 0. The maximum Gasteiger partial charge on any atom is 0.338 e. The minimum Gasteiger partial charge on any atom is -0.466 e. The molecule has 0 aliphatic carbocycles. The van der Waals surface area contributed by atoms with Crippen molar-refractivity contribution in [2.45, 2.75) is 46.1 Å². The van der Waals surface area contributed by atoms with Gasteiger partial charge in [0.25, 0.3) is 0 Å². The van der Waals surface area contributed by atoms with Crippen LogP contribution >= 0.6 is 0 Å². The van der Waals surface area contributed by atoms with Crippen LogP contribution in [0.2, 0.25) is 0 Å². The average molecular weight is 278 g/mol. The second-order valence-corrected chi connectivity index (χ2v) is 5.50. The van der Waals surface area contributed by atoms with Gasteiger partial charge in [0.15, 0.2) is 0 Å². The number of carbonyl (C=O) groups excluding carboxylic acids is 2. The molecule has 0 amide bonds. The third kappa shape index (κ3) is 5.87. The van der Waals surface area contributed by atoms with E-state index >= 15 is 0 Å². The molecule has 1 rings (SSSR count). The van der Waals surface area contributed by atoms with E-state index in [2.05, 4.69) is 0 Å². The number of rotatable bonds is 5. The standard InChI is InChI=1S/C16H22O4/c1-5-19-14(17)11-8-12-6-9-13(10-7-12)15(18)20-16(2,3)4/h6-7,9-10H,5,8,11H2,1-4H3. The minimum atomic E-state index is -0.500. The summed E-state index contributed by atoms with van der Waals surface area (Å²) in [7, 11) is 0. The number of ether oxygens (including phenoxy) is 2. The van der Waals surface area contributed by atoms with Crippen LogP contribution in [0.1, 0.15) is 50.0 Å². The molecule has 0 saturated heterocycles. The molecule has 1 aromatic carbocycles. The van der Waals surface area contributed by atoms with Crippen LogP contribution in [0, 0.1) is 0 Å². The number of carbonyl (C=O) groups is 2. The summed E-state index contributed by atoms with van der Waals surface area (Å²) in [5.41, 5.74) is 1.00. The Morgan fingerprint density at radius 3 is 2.20 bits per heavy atom. The predicted molar refractivity (Wildman–Crippen MR) is 76.6 cm³/mol. The normalized spacial score (nSPS) is 11.0. The lowest BCUT2D eigenvalue weighted by Crippen LogP contribution is -2.23. The lowest BCUT2D eigenvalue weighted by atomic mass is 10.1. The molecule has 0 aliphatic heterocycles. The Kier molecular flexibility index (Phi) is 5.74. The first-order valence-corrected chi connectivity index (χ1v) is 6.79. The molecule has 0 unspecified atom stereocenters. The maximum absolute atomic E-state index is 11.8. The van der Waals surface area contributed by atoms with E-state index in [1.54, 1.807) is 19.1 Å². The van der Waals surface area contributed by atoms with E-state index in [1.807, 2.05) is 32.9 Å². The van der Waals surface area contributed by atoms with Crippen LogP contribution in [0.15, 0.2) is 24.3 Å². The SMILES string of the molecule is CCOC(=O)CCc1ccc(C(=O)OC(C)(C)C)cc1. The fourth-order valence-electron chi connectivity index (χ4n) is 1.62. The molecule has 0 bridgehead atoms. The van der Waals surface area contributed by atoms with Crippen molar-refractivity contribution in [3.63, 3.8) is 0 Å². The van der Waals surface area contributed by atoms with Crippen molar-refractivity contribution in [3.8, 4) is 0 Å². The zero-order chi connectivity index (χ0) is 15.2. The monoisotopic (exact) mass is 278 g/mol. The molecule has 4 heteroatoms. The number of aryl methyl sites for hydroxylation is 1. The molecular formula is C16H22O4. The first kappa shape index (κ1) is 16.2. The lowest BCUT2D eigenvalue weighted by molar-refractivity contribution is -0.143. The summed E-state index contributed by atoms with van der Waals surface area (Å²) in [6.07, 6.45) is 0.951. The zero-order valence-electron chi connectivity index (χ0n) is 12.6. The van der Waals surface area contributed by atoms with Crippen LogP contribution in [-0.2, 0) is 20.7 Å². The topological polar surface area (TPSA) is 52.6 Å². The van der Waals surface area contributed by atoms with Crippen LogP contribution in [0.5, 0.6) is 0 Å².